The van der Waals surface area contributed by atoms with Crippen molar-refractivity contribution in [3.63, 3.8) is 0 Å². The normalized spacial score (nSPS) is 23.1. The summed E-state index contributed by atoms with van der Waals surface area (Å²) in [5.74, 6) is 0.807. The predicted octanol–water partition coefficient (Wildman–Crippen LogP) is 3.33. The van der Waals surface area contributed by atoms with Crippen LogP contribution in [0.15, 0.2) is 0 Å². The van der Waals surface area contributed by atoms with Gasteiger partial charge in [-0.2, -0.15) is 0 Å². The van der Waals surface area contributed by atoms with Gasteiger partial charge in [0.1, 0.15) is 0 Å². The zero-order valence-corrected chi connectivity index (χ0v) is 9.31. The van der Waals surface area contributed by atoms with E-state index in [1.807, 2.05) is 0 Å². The maximum Gasteiger partial charge on any atom is -0.00204 e. The molecule has 0 unspecified atom stereocenters. The van der Waals surface area contributed by atoms with E-state index < -0.39 is 0 Å². The first kappa shape index (κ1) is 11.0. The molecule has 13 heavy (non-hydrogen) atoms. The number of hydrogen-bond acceptors (Lipinski definition) is 1. The van der Waals surface area contributed by atoms with Crippen LogP contribution in [0.1, 0.15) is 58.8 Å². The van der Waals surface area contributed by atoms with Crippen LogP contribution in [0.4, 0.5) is 0 Å². The van der Waals surface area contributed by atoms with Crippen LogP contribution in [0.3, 0.4) is 0 Å². The van der Waals surface area contributed by atoms with Gasteiger partial charge in [-0.1, -0.05) is 39.5 Å². The van der Waals surface area contributed by atoms with Crippen LogP contribution in [0.2, 0.25) is 0 Å². The molecule has 78 valence electrons. The second-order valence-electron chi connectivity index (χ2n) is 5.22. The van der Waals surface area contributed by atoms with E-state index in [0.29, 0.717) is 5.41 Å². The van der Waals surface area contributed by atoms with Gasteiger partial charge in [-0.15, -0.1) is 0 Å². The molecule has 1 aliphatic rings. The molecule has 0 radical (unpaired) electrons. The summed E-state index contributed by atoms with van der Waals surface area (Å²) >= 11 is 0. The van der Waals surface area contributed by atoms with Crippen LogP contribution in [-0.2, 0) is 0 Å². The highest BCUT2D eigenvalue weighted by Gasteiger charge is 2.29. The van der Waals surface area contributed by atoms with Crippen LogP contribution in [-0.4, -0.2) is 6.54 Å². The van der Waals surface area contributed by atoms with Gasteiger partial charge >= 0.3 is 0 Å². The van der Waals surface area contributed by atoms with Gasteiger partial charge < -0.3 is 5.73 Å². The molecule has 1 aliphatic carbocycles. The van der Waals surface area contributed by atoms with E-state index in [0.717, 1.165) is 12.5 Å². The van der Waals surface area contributed by atoms with Gasteiger partial charge in [0.15, 0.2) is 0 Å². The van der Waals surface area contributed by atoms with Crippen molar-refractivity contribution in [1.82, 2.24) is 0 Å². The van der Waals surface area contributed by atoms with Crippen LogP contribution >= 0.6 is 0 Å². The maximum atomic E-state index is 5.96. The Kier molecular flexibility index (Phi) is 4.24. The Hall–Kier alpha value is -0.0400. The summed E-state index contributed by atoms with van der Waals surface area (Å²) in [4.78, 5) is 0. The molecule has 2 N–H and O–H groups in total. The third kappa shape index (κ3) is 3.30. The monoisotopic (exact) mass is 183 g/mol. The van der Waals surface area contributed by atoms with Crippen LogP contribution in [0.5, 0.6) is 0 Å². The van der Waals surface area contributed by atoms with Gasteiger partial charge in [0.2, 0.25) is 0 Å². The third-order valence-electron chi connectivity index (χ3n) is 3.44. The minimum atomic E-state index is 0.505. The molecule has 1 heteroatoms. The molecule has 1 nitrogen and oxygen atoms in total. The Morgan fingerprint density at radius 1 is 1.08 bits per heavy atom. The number of hydrogen-bond donors (Lipinski definition) is 1. The first-order valence-electron chi connectivity index (χ1n) is 5.89. The Labute approximate surface area is 83.1 Å². The molecule has 0 bridgehead atoms. The van der Waals surface area contributed by atoms with E-state index in [2.05, 4.69) is 13.8 Å². The molecule has 1 fully saturated rings. The molecule has 0 atom stereocenters. The highest BCUT2D eigenvalue weighted by molar-refractivity contribution is 4.83. The Morgan fingerprint density at radius 3 is 2.00 bits per heavy atom. The summed E-state index contributed by atoms with van der Waals surface area (Å²) in [6, 6.07) is 0. The van der Waals surface area contributed by atoms with Crippen LogP contribution < -0.4 is 5.73 Å². The van der Waals surface area contributed by atoms with E-state index >= 15 is 0 Å². The molecule has 0 saturated heterocycles. The molecule has 0 aromatic carbocycles. The molecular weight excluding hydrogens is 158 g/mol. The fourth-order valence-electron chi connectivity index (χ4n) is 2.84. The quantitative estimate of drug-likeness (QED) is 0.667. The fraction of sp³-hybridized carbons (Fsp3) is 1.00. The van der Waals surface area contributed by atoms with Crippen LogP contribution in [0, 0.1) is 11.3 Å². The smallest absolute Gasteiger partial charge is 0.00204 e. The molecular formula is C12H25N. The average Bonchev–Trinajstić information content (AvgIpc) is 2.30. The van der Waals surface area contributed by atoms with E-state index in [1.165, 1.54) is 44.9 Å². The van der Waals surface area contributed by atoms with Crippen molar-refractivity contribution in [2.24, 2.45) is 17.1 Å². The predicted molar refractivity (Wildman–Crippen MR) is 58.6 cm³/mol. The van der Waals surface area contributed by atoms with Crippen molar-refractivity contribution in [3.8, 4) is 0 Å². The van der Waals surface area contributed by atoms with Gasteiger partial charge in [0.25, 0.3) is 0 Å². The van der Waals surface area contributed by atoms with Crippen molar-refractivity contribution in [1.29, 1.82) is 0 Å². The van der Waals surface area contributed by atoms with E-state index in [9.17, 15) is 0 Å². The molecule has 0 aromatic rings. The van der Waals surface area contributed by atoms with Gasteiger partial charge in [0.05, 0.1) is 0 Å². The summed E-state index contributed by atoms with van der Waals surface area (Å²) in [5, 5.41) is 0. The first-order valence-corrected chi connectivity index (χ1v) is 5.89. The summed E-state index contributed by atoms with van der Waals surface area (Å²) in [7, 11) is 0. The summed E-state index contributed by atoms with van der Waals surface area (Å²) in [6.07, 6.45) is 9.76. The topological polar surface area (TPSA) is 26.0 Å². The molecule has 1 rings (SSSR count). The molecule has 0 aliphatic heterocycles. The lowest BCUT2D eigenvalue weighted by Crippen LogP contribution is -2.31. The van der Waals surface area contributed by atoms with E-state index in [1.54, 1.807) is 0 Å². The zero-order valence-electron chi connectivity index (χ0n) is 9.31. The van der Waals surface area contributed by atoms with Gasteiger partial charge in [-0.25, -0.2) is 0 Å². The maximum absolute atomic E-state index is 5.96. The molecule has 0 spiro atoms. The number of rotatable bonds is 3. The third-order valence-corrected chi connectivity index (χ3v) is 3.44. The highest BCUT2D eigenvalue weighted by Crippen LogP contribution is 2.39. The lowest BCUT2D eigenvalue weighted by Gasteiger charge is -2.33. The Balaban J connectivity index is 2.53. The largest absolute Gasteiger partial charge is 0.330 e. The second kappa shape index (κ2) is 4.99. The molecule has 0 heterocycles. The lowest BCUT2D eigenvalue weighted by atomic mass is 9.74. The van der Waals surface area contributed by atoms with Gasteiger partial charge in [-0.3, -0.25) is 0 Å². The fourth-order valence-corrected chi connectivity index (χ4v) is 2.84. The van der Waals surface area contributed by atoms with Crippen molar-refractivity contribution in [2.45, 2.75) is 58.8 Å². The van der Waals surface area contributed by atoms with Crippen molar-refractivity contribution in [2.75, 3.05) is 6.54 Å². The summed E-state index contributed by atoms with van der Waals surface area (Å²) in [5.41, 5.74) is 6.46. The summed E-state index contributed by atoms with van der Waals surface area (Å²) in [6.45, 7) is 5.55. The first-order chi connectivity index (χ1) is 6.18. The van der Waals surface area contributed by atoms with Crippen LogP contribution in [0.25, 0.3) is 0 Å². The number of nitrogens with two attached hydrogens (primary N) is 1. The molecule has 1 saturated carbocycles. The molecule has 0 amide bonds. The summed E-state index contributed by atoms with van der Waals surface area (Å²) < 4.78 is 0. The second-order valence-corrected chi connectivity index (χ2v) is 5.22. The lowest BCUT2D eigenvalue weighted by molar-refractivity contribution is 0.203. The van der Waals surface area contributed by atoms with Gasteiger partial charge in [-0.05, 0) is 37.1 Å². The van der Waals surface area contributed by atoms with Crippen molar-refractivity contribution < 1.29 is 0 Å². The highest BCUT2D eigenvalue weighted by atomic mass is 14.6. The minimum Gasteiger partial charge on any atom is -0.330 e. The Bertz CT molecular complexity index is 132. The molecule has 0 aromatic heterocycles. The van der Waals surface area contributed by atoms with E-state index in [-0.39, 0.29) is 0 Å². The Morgan fingerprint density at radius 2 is 1.62 bits per heavy atom. The minimum absolute atomic E-state index is 0.505. The SMILES string of the molecule is CC(C)CC1(CN)CCCCCC1. The van der Waals surface area contributed by atoms with Gasteiger partial charge in [0, 0.05) is 0 Å². The van der Waals surface area contributed by atoms with E-state index in [4.69, 9.17) is 5.73 Å². The average molecular weight is 183 g/mol. The zero-order chi connectivity index (χ0) is 9.73. The standard InChI is InChI=1S/C12H25N/c1-11(2)9-12(10-13)7-5-3-4-6-8-12/h11H,3-10,13H2,1-2H3. The van der Waals surface area contributed by atoms with Crippen molar-refractivity contribution >= 4 is 0 Å². The van der Waals surface area contributed by atoms with Crippen molar-refractivity contribution in [3.05, 3.63) is 0 Å².